The minimum absolute atomic E-state index is 0.00551. The van der Waals surface area contributed by atoms with Crippen LogP contribution >= 0.6 is 0 Å². The summed E-state index contributed by atoms with van der Waals surface area (Å²) in [6.45, 7) is 1.93. The Morgan fingerprint density at radius 3 is 2.52 bits per heavy atom. The van der Waals surface area contributed by atoms with Gasteiger partial charge in [-0.15, -0.1) is 0 Å². The Hall–Kier alpha value is -3.22. The summed E-state index contributed by atoms with van der Waals surface area (Å²) < 4.78 is 31.4. The van der Waals surface area contributed by atoms with Crippen molar-refractivity contribution < 1.29 is 22.7 Å². The van der Waals surface area contributed by atoms with Crippen molar-refractivity contribution in [3.05, 3.63) is 54.7 Å². The van der Waals surface area contributed by atoms with Gasteiger partial charge in [0.2, 0.25) is 10.0 Å². The van der Waals surface area contributed by atoms with Crippen LogP contribution in [0, 0.1) is 17.2 Å². The molecule has 0 aromatic heterocycles. The molecule has 0 amide bonds. The number of nitrogens with one attached hydrogen (secondary N) is 1. The molecule has 0 unspecified atom stereocenters. The van der Waals surface area contributed by atoms with E-state index in [2.05, 4.69) is 16.0 Å². The van der Waals surface area contributed by atoms with Crippen LogP contribution in [0.25, 0.3) is 10.8 Å². The SMILES string of the molecule is C=C(N)[C@H](C#N)C(=O)COC(=O)CNS(=O)(=O)c1ccc2ccccc2c1. The second-order valence-corrected chi connectivity index (χ2v) is 7.36. The summed E-state index contributed by atoms with van der Waals surface area (Å²) in [5, 5.41) is 10.4. The molecule has 27 heavy (non-hydrogen) atoms. The Kier molecular flexibility index (Phi) is 6.28. The summed E-state index contributed by atoms with van der Waals surface area (Å²) in [4.78, 5) is 23.4. The first-order chi connectivity index (χ1) is 12.7. The summed E-state index contributed by atoms with van der Waals surface area (Å²) in [5.41, 5.74) is 5.15. The number of hydrogen-bond donors (Lipinski definition) is 2. The zero-order chi connectivity index (χ0) is 20.0. The Morgan fingerprint density at radius 1 is 1.22 bits per heavy atom. The van der Waals surface area contributed by atoms with Crippen molar-refractivity contribution in [3.63, 3.8) is 0 Å². The number of carbonyl (C=O) groups excluding carboxylic acids is 2. The van der Waals surface area contributed by atoms with Crippen LogP contribution in [0.3, 0.4) is 0 Å². The highest BCUT2D eigenvalue weighted by molar-refractivity contribution is 7.89. The highest BCUT2D eigenvalue weighted by atomic mass is 32.2. The third kappa shape index (κ3) is 5.13. The standard InChI is InChI=1S/C18H17N3O5S/c1-12(20)16(9-19)17(22)11-26-18(23)10-21-27(24,25)15-7-6-13-4-2-3-5-14(13)8-15/h2-8,16,21H,1,10-11,20H2/t16-/m0/s1. The van der Waals surface area contributed by atoms with E-state index in [4.69, 9.17) is 11.0 Å². The number of ether oxygens (including phenoxy) is 1. The molecule has 0 radical (unpaired) electrons. The lowest BCUT2D eigenvalue weighted by molar-refractivity contribution is -0.147. The molecule has 0 fully saturated rings. The first-order valence-corrected chi connectivity index (χ1v) is 9.23. The van der Waals surface area contributed by atoms with E-state index in [0.717, 1.165) is 10.8 Å². The van der Waals surface area contributed by atoms with E-state index >= 15 is 0 Å². The van der Waals surface area contributed by atoms with Crippen LogP contribution in [0.4, 0.5) is 0 Å². The van der Waals surface area contributed by atoms with Gasteiger partial charge < -0.3 is 10.5 Å². The van der Waals surface area contributed by atoms with Crippen molar-refractivity contribution in [1.82, 2.24) is 4.72 Å². The number of hydrogen-bond acceptors (Lipinski definition) is 7. The fourth-order valence-electron chi connectivity index (χ4n) is 2.22. The second-order valence-electron chi connectivity index (χ2n) is 5.60. The van der Waals surface area contributed by atoms with Crippen LogP contribution in [0.1, 0.15) is 0 Å². The number of allylic oxidation sites excluding steroid dienone is 1. The van der Waals surface area contributed by atoms with Gasteiger partial charge in [-0.2, -0.15) is 9.98 Å². The lowest BCUT2D eigenvalue weighted by Crippen LogP contribution is -2.32. The van der Waals surface area contributed by atoms with Crippen molar-refractivity contribution in [3.8, 4) is 6.07 Å². The average Bonchev–Trinajstić information content (AvgIpc) is 2.64. The van der Waals surface area contributed by atoms with Gasteiger partial charge in [-0.3, -0.25) is 9.59 Å². The van der Waals surface area contributed by atoms with E-state index in [9.17, 15) is 18.0 Å². The Morgan fingerprint density at radius 2 is 1.89 bits per heavy atom. The molecule has 2 aromatic rings. The molecular formula is C18H17N3O5S. The van der Waals surface area contributed by atoms with E-state index in [0.29, 0.717) is 0 Å². The number of carbonyl (C=O) groups is 2. The molecule has 0 aliphatic heterocycles. The van der Waals surface area contributed by atoms with Gasteiger partial charge in [-0.1, -0.05) is 36.9 Å². The quantitative estimate of drug-likeness (QED) is 0.640. The van der Waals surface area contributed by atoms with E-state index in [1.165, 1.54) is 12.1 Å². The van der Waals surface area contributed by atoms with Crippen LogP contribution in [0.15, 0.2) is 59.6 Å². The molecule has 0 saturated carbocycles. The normalized spacial score (nSPS) is 12.1. The van der Waals surface area contributed by atoms with Crippen LogP contribution in [-0.4, -0.2) is 33.3 Å². The Bertz CT molecular complexity index is 1040. The molecule has 3 N–H and O–H groups in total. The summed E-state index contributed by atoms with van der Waals surface area (Å²) in [6.07, 6.45) is 0. The van der Waals surface area contributed by atoms with Gasteiger partial charge in [0.15, 0.2) is 12.4 Å². The molecule has 8 nitrogen and oxygen atoms in total. The lowest BCUT2D eigenvalue weighted by Gasteiger charge is -2.10. The number of Topliss-reactive ketones (excluding diaryl/α,β-unsaturated/α-hetero) is 1. The first-order valence-electron chi connectivity index (χ1n) is 7.75. The van der Waals surface area contributed by atoms with Gasteiger partial charge in [0.1, 0.15) is 12.5 Å². The monoisotopic (exact) mass is 387 g/mol. The third-order valence-corrected chi connectivity index (χ3v) is 5.03. The molecule has 0 saturated heterocycles. The average molecular weight is 387 g/mol. The zero-order valence-electron chi connectivity index (χ0n) is 14.2. The number of esters is 1. The maximum atomic E-state index is 12.3. The predicted molar refractivity (Wildman–Crippen MR) is 97.5 cm³/mol. The molecule has 2 aromatic carbocycles. The molecule has 1 atom stereocenters. The van der Waals surface area contributed by atoms with E-state index in [1.54, 1.807) is 24.3 Å². The lowest BCUT2D eigenvalue weighted by atomic mass is 10.0. The van der Waals surface area contributed by atoms with Gasteiger partial charge in [-0.25, -0.2) is 8.42 Å². The highest BCUT2D eigenvalue weighted by Crippen LogP contribution is 2.18. The Balaban J connectivity index is 1.96. The van der Waals surface area contributed by atoms with Gasteiger partial charge in [0.05, 0.1) is 11.0 Å². The van der Waals surface area contributed by atoms with Gasteiger partial charge in [-0.05, 0) is 22.9 Å². The van der Waals surface area contributed by atoms with E-state index < -0.39 is 40.8 Å². The van der Waals surface area contributed by atoms with Gasteiger partial charge in [0.25, 0.3) is 0 Å². The maximum absolute atomic E-state index is 12.3. The number of rotatable bonds is 8. The fraction of sp³-hybridized carbons (Fsp3) is 0.167. The number of benzene rings is 2. The zero-order valence-corrected chi connectivity index (χ0v) is 15.0. The first kappa shape index (κ1) is 20.1. The van der Waals surface area contributed by atoms with Crippen molar-refractivity contribution in [2.24, 2.45) is 11.7 Å². The van der Waals surface area contributed by atoms with E-state index in [-0.39, 0.29) is 10.6 Å². The number of nitriles is 1. The largest absolute Gasteiger partial charge is 0.457 e. The maximum Gasteiger partial charge on any atom is 0.321 e. The molecule has 9 heteroatoms. The molecule has 0 aliphatic carbocycles. The molecule has 0 aliphatic rings. The second kappa shape index (κ2) is 8.44. The summed E-state index contributed by atoms with van der Waals surface area (Å²) in [5.74, 6) is -2.99. The Labute approximate surface area is 156 Å². The summed E-state index contributed by atoms with van der Waals surface area (Å²) in [7, 11) is -3.94. The van der Waals surface area contributed by atoms with Crippen molar-refractivity contribution in [2.75, 3.05) is 13.2 Å². The molecular weight excluding hydrogens is 370 g/mol. The molecule has 0 spiro atoms. The van der Waals surface area contributed by atoms with Crippen molar-refractivity contribution in [1.29, 1.82) is 5.26 Å². The van der Waals surface area contributed by atoms with Gasteiger partial charge >= 0.3 is 5.97 Å². The number of nitrogens with zero attached hydrogens (tertiary/aromatic N) is 1. The van der Waals surface area contributed by atoms with Crippen molar-refractivity contribution in [2.45, 2.75) is 4.90 Å². The fourth-order valence-corrected chi connectivity index (χ4v) is 3.22. The number of ketones is 1. The number of fused-ring (bicyclic) bond motifs is 1. The third-order valence-electron chi connectivity index (χ3n) is 3.64. The molecule has 0 heterocycles. The van der Waals surface area contributed by atoms with Crippen LogP contribution in [0.5, 0.6) is 0 Å². The molecule has 0 bridgehead atoms. The predicted octanol–water partition coefficient (Wildman–Crippen LogP) is 0.843. The van der Waals surface area contributed by atoms with E-state index in [1.807, 2.05) is 12.1 Å². The molecule has 2 rings (SSSR count). The summed E-state index contributed by atoms with van der Waals surface area (Å²) >= 11 is 0. The molecule has 140 valence electrons. The number of sulfonamides is 1. The van der Waals surface area contributed by atoms with Crippen LogP contribution in [0.2, 0.25) is 0 Å². The minimum atomic E-state index is -3.94. The topological polar surface area (TPSA) is 139 Å². The van der Waals surface area contributed by atoms with Crippen molar-refractivity contribution >= 4 is 32.5 Å². The smallest absolute Gasteiger partial charge is 0.321 e. The highest BCUT2D eigenvalue weighted by Gasteiger charge is 2.22. The minimum Gasteiger partial charge on any atom is -0.457 e. The number of nitrogens with two attached hydrogens (primary N) is 1. The van der Waals surface area contributed by atoms with Gasteiger partial charge in [0, 0.05) is 5.70 Å². The van der Waals surface area contributed by atoms with Crippen LogP contribution in [-0.2, 0) is 24.3 Å². The summed E-state index contributed by atoms with van der Waals surface area (Å²) in [6, 6.07) is 13.4. The van der Waals surface area contributed by atoms with Crippen LogP contribution < -0.4 is 10.5 Å².